The molecule has 0 bridgehead atoms. The van der Waals surface area contributed by atoms with Crippen LogP contribution in [0.25, 0.3) is 0 Å². The van der Waals surface area contributed by atoms with Gasteiger partial charge in [-0.1, -0.05) is 6.92 Å². The molecular formula is C12H14F7O4Rb. The molecule has 0 N–H and O–H groups in total. The molecule has 0 aromatic heterocycles. The smallest absolute Gasteiger partial charge is 0.476 e. The second kappa shape index (κ2) is 10.3. The Hall–Kier alpha value is 0.125. The van der Waals surface area contributed by atoms with E-state index in [1.165, 1.54) is 6.92 Å². The Kier molecular flexibility index (Phi) is 11.3. The molecule has 0 amide bonds. The van der Waals surface area contributed by atoms with Gasteiger partial charge in [0.25, 0.3) is 0 Å². The molecule has 24 heavy (non-hydrogen) atoms. The van der Waals surface area contributed by atoms with Gasteiger partial charge in [0.1, 0.15) is 0 Å². The Morgan fingerprint density at radius 1 is 1.00 bits per heavy atom. The molecule has 0 heterocycles. The maximum atomic E-state index is 12.9. The van der Waals surface area contributed by atoms with Gasteiger partial charge in [0.15, 0.2) is 12.6 Å². The Morgan fingerprint density at radius 3 is 1.92 bits per heavy atom. The molecule has 0 atom stereocenters. The van der Waals surface area contributed by atoms with Crippen molar-refractivity contribution in [3.05, 3.63) is 5.92 Å². The summed E-state index contributed by atoms with van der Waals surface area (Å²) < 4.78 is 94.7. The fraction of sp³-hybridized carbons (Fsp3) is 0.750. The second-order valence-electron chi connectivity index (χ2n) is 4.46. The van der Waals surface area contributed by atoms with Crippen LogP contribution in [0.3, 0.4) is 0 Å². The van der Waals surface area contributed by atoms with Gasteiger partial charge in [0.05, 0.1) is 13.0 Å². The molecule has 0 spiro atoms. The Balaban J connectivity index is 0. The summed E-state index contributed by atoms with van der Waals surface area (Å²) in [6, 6.07) is 0. The van der Waals surface area contributed by atoms with E-state index in [9.17, 15) is 40.3 Å². The summed E-state index contributed by atoms with van der Waals surface area (Å²) in [5.41, 5.74) is 0. The van der Waals surface area contributed by atoms with E-state index in [1.807, 2.05) is 0 Å². The monoisotopic (exact) mass is 440 g/mol. The first-order valence-electron chi connectivity index (χ1n) is 6.23. The SMILES string of the molecule is CC[C-](C)C(=O)OCC(=O)OCCC(F)(F)C(F)(F)C(F)(F)F.[Rb+]. The normalized spacial score (nSPS) is 12.2. The van der Waals surface area contributed by atoms with E-state index in [4.69, 9.17) is 0 Å². The zero-order valence-corrected chi connectivity index (χ0v) is 18.0. The first kappa shape index (κ1) is 26.4. The van der Waals surface area contributed by atoms with E-state index in [2.05, 4.69) is 9.47 Å². The van der Waals surface area contributed by atoms with Gasteiger partial charge in [-0.3, -0.25) is 10.7 Å². The number of rotatable bonds is 8. The van der Waals surface area contributed by atoms with E-state index < -0.39 is 49.6 Å². The van der Waals surface area contributed by atoms with Crippen LogP contribution in [-0.2, 0) is 19.1 Å². The van der Waals surface area contributed by atoms with E-state index >= 15 is 0 Å². The average molecular weight is 441 g/mol. The van der Waals surface area contributed by atoms with Crippen molar-refractivity contribution in [1.82, 2.24) is 0 Å². The summed E-state index contributed by atoms with van der Waals surface area (Å²) >= 11 is 0. The number of carbonyl (C=O) groups is 2. The summed E-state index contributed by atoms with van der Waals surface area (Å²) in [5.74, 6) is -13.7. The minimum absolute atomic E-state index is 0. The molecule has 136 valence electrons. The molecule has 0 saturated carbocycles. The Bertz CT molecular complexity index is 426. The van der Waals surface area contributed by atoms with Gasteiger partial charge >= 0.3 is 82.2 Å². The van der Waals surface area contributed by atoms with E-state index in [0.717, 1.165) is 0 Å². The predicted octanol–water partition coefficient (Wildman–Crippen LogP) is 0.304. The van der Waals surface area contributed by atoms with Crippen molar-refractivity contribution < 1.29 is 108 Å². The van der Waals surface area contributed by atoms with Crippen LogP contribution in [0.5, 0.6) is 0 Å². The summed E-state index contributed by atoms with van der Waals surface area (Å²) in [4.78, 5) is 22.2. The number of halogens is 7. The Morgan fingerprint density at radius 2 is 1.50 bits per heavy atom. The first-order chi connectivity index (χ1) is 10.3. The van der Waals surface area contributed by atoms with Crippen LogP contribution in [0.2, 0.25) is 0 Å². The minimum Gasteiger partial charge on any atom is -0.476 e. The molecule has 0 radical (unpaired) electrons. The van der Waals surface area contributed by atoms with Crippen molar-refractivity contribution in [2.75, 3.05) is 13.2 Å². The zero-order chi connectivity index (χ0) is 18.5. The van der Waals surface area contributed by atoms with Crippen molar-refractivity contribution in [3.8, 4) is 0 Å². The van der Waals surface area contributed by atoms with Crippen LogP contribution in [0, 0.1) is 5.92 Å². The van der Waals surface area contributed by atoms with Crippen LogP contribution < -0.4 is 58.2 Å². The van der Waals surface area contributed by atoms with Gasteiger partial charge in [-0.05, 0) is 0 Å². The summed E-state index contributed by atoms with van der Waals surface area (Å²) in [7, 11) is 0. The van der Waals surface area contributed by atoms with Gasteiger partial charge in [-0.2, -0.15) is 44.1 Å². The zero-order valence-electron chi connectivity index (χ0n) is 13.1. The third kappa shape index (κ3) is 7.57. The maximum absolute atomic E-state index is 12.9. The van der Waals surface area contributed by atoms with Crippen LogP contribution >= 0.6 is 0 Å². The van der Waals surface area contributed by atoms with Gasteiger partial charge in [0.2, 0.25) is 0 Å². The topological polar surface area (TPSA) is 52.6 Å². The fourth-order valence-corrected chi connectivity index (χ4v) is 1.09. The molecule has 0 aromatic rings. The average Bonchev–Trinajstić information content (AvgIpc) is 2.42. The van der Waals surface area contributed by atoms with Crippen molar-refractivity contribution in [3.63, 3.8) is 0 Å². The number of hydrogen-bond donors (Lipinski definition) is 0. The number of carbonyl (C=O) groups excluding carboxylic acids is 2. The Labute approximate surface area is 182 Å². The standard InChI is InChI=1S/C12H14F7O4.Rb/c1-3-7(2)9(21)23-6-8(20)22-5-4-10(13,14)11(15,16)12(17,18)19;/h3-6H2,1-2H3;/q-1;+1. The minimum atomic E-state index is -6.44. The van der Waals surface area contributed by atoms with Crippen LogP contribution in [0.4, 0.5) is 30.7 Å². The molecule has 0 fully saturated rings. The molecule has 0 rings (SSSR count). The number of esters is 2. The largest absolute Gasteiger partial charge is 1.00 e. The first-order valence-corrected chi connectivity index (χ1v) is 6.23. The third-order valence-corrected chi connectivity index (χ3v) is 2.69. The summed E-state index contributed by atoms with van der Waals surface area (Å²) in [5, 5.41) is 0. The van der Waals surface area contributed by atoms with Crippen molar-refractivity contribution in [2.45, 2.75) is 44.7 Å². The van der Waals surface area contributed by atoms with Crippen molar-refractivity contribution in [1.29, 1.82) is 0 Å². The predicted molar refractivity (Wildman–Crippen MR) is 61.7 cm³/mol. The molecule has 4 nitrogen and oxygen atoms in total. The van der Waals surface area contributed by atoms with E-state index in [-0.39, 0.29) is 64.1 Å². The molecular weight excluding hydrogens is 427 g/mol. The van der Waals surface area contributed by atoms with Crippen LogP contribution in [-0.4, -0.2) is 43.2 Å². The summed E-state index contributed by atoms with van der Waals surface area (Å²) in [6.45, 7) is 0.661. The van der Waals surface area contributed by atoms with Gasteiger partial charge in [-0.25, -0.2) is 4.79 Å². The molecule has 0 aliphatic rings. The number of hydrogen-bond acceptors (Lipinski definition) is 4. The van der Waals surface area contributed by atoms with Crippen molar-refractivity contribution in [2.24, 2.45) is 0 Å². The fourth-order valence-electron chi connectivity index (χ4n) is 1.09. The molecule has 12 heteroatoms. The third-order valence-electron chi connectivity index (χ3n) is 2.69. The van der Waals surface area contributed by atoms with Gasteiger partial charge < -0.3 is 9.47 Å². The van der Waals surface area contributed by atoms with Crippen molar-refractivity contribution >= 4 is 11.9 Å². The van der Waals surface area contributed by atoms with Crippen LogP contribution in [0.15, 0.2) is 0 Å². The quantitative estimate of drug-likeness (QED) is 0.310. The molecule has 0 aliphatic carbocycles. The molecule has 0 aliphatic heterocycles. The van der Waals surface area contributed by atoms with E-state index in [0.29, 0.717) is 6.42 Å². The van der Waals surface area contributed by atoms with Gasteiger partial charge in [-0.15, -0.1) is 0 Å². The molecule has 0 saturated heterocycles. The molecule has 0 aromatic carbocycles. The number of ether oxygens (including phenoxy) is 2. The summed E-state index contributed by atoms with van der Waals surface area (Å²) in [6.07, 6.45) is -8.16. The maximum Gasteiger partial charge on any atom is 1.00 e. The van der Waals surface area contributed by atoms with Crippen LogP contribution in [0.1, 0.15) is 26.7 Å². The van der Waals surface area contributed by atoms with E-state index in [1.54, 1.807) is 6.92 Å². The second-order valence-corrected chi connectivity index (χ2v) is 4.46. The van der Waals surface area contributed by atoms with Gasteiger partial charge in [0, 0.05) is 0 Å². The number of alkyl halides is 7. The molecule has 0 unspecified atom stereocenters.